The molecule has 3 rings (SSSR count). The molecule has 0 nitrogen and oxygen atoms in total. The Morgan fingerprint density at radius 1 is 0.871 bits per heavy atom. The summed E-state index contributed by atoms with van der Waals surface area (Å²) in [6, 6.07) is 10.4. The third-order valence-electron chi connectivity index (χ3n) is 6.29. The molecule has 1 aliphatic carbocycles. The zero-order valence-corrected chi connectivity index (χ0v) is 18.3. The summed E-state index contributed by atoms with van der Waals surface area (Å²) in [5.41, 5.74) is 2.05. The minimum atomic E-state index is -2.55. The van der Waals surface area contributed by atoms with E-state index in [1.165, 1.54) is 19.3 Å². The molecule has 0 saturated heterocycles. The molecule has 0 bridgehead atoms. The summed E-state index contributed by atoms with van der Waals surface area (Å²) in [4.78, 5) is 0. The average Bonchev–Trinajstić information content (AvgIpc) is 2.76. The van der Waals surface area contributed by atoms with E-state index in [1.54, 1.807) is 30.3 Å². The van der Waals surface area contributed by atoms with Crippen molar-refractivity contribution in [2.75, 3.05) is 0 Å². The molecule has 168 valence electrons. The maximum absolute atomic E-state index is 14.7. The standard InChI is InChI=1S/C27H32F4/c1-2-3-4-5-6-7-8-9-23-14-15-24(26(29)25(23)28)22-12-10-20(11-13-22)21-16-18-27(30,31)19-17-21/h8-15,21H,2-7,16-19H2,1H3/b9-8+. The van der Waals surface area contributed by atoms with Gasteiger partial charge in [0.2, 0.25) is 5.92 Å². The van der Waals surface area contributed by atoms with Gasteiger partial charge in [-0.15, -0.1) is 0 Å². The zero-order chi connectivity index (χ0) is 22.3. The Morgan fingerprint density at radius 2 is 1.55 bits per heavy atom. The lowest BCUT2D eigenvalue weighted by molar-refractivity contribution is -0.0382. The number of hydrogen-bond donors (Lipinski definition) is 0. The molecular weight excluding hydrogens is 400 g/mol. The first-order chi connectivity index (χ1) is 14.9. The minimum absolute atomic E-state index is 0.0903. The molecule has 0 amide bonds. The van der Waals surface area contributed by atoms with Gasteiger partial charge < -0.3 is 0 Å². The summed E-state index contributed by atoms with van der Waals surface area (Å²) >= 11 is 0. The van der Waals surface area contributed by atoms with Gasteiger partial charge in [0.1, 0.15) is 0 Å². The van der Waals surface area contributed by atoms with Gasteiger partial charge in [0, 0.05) is 24.0 Å². The zero-order valence-electron chi connectivity index (χ0n) is 18.3. The van der Waals surface area contributed by atoms with Crippen LogP contribution in [0.5, 0.6) is 0 Å². The topological polar surface area (TPSA) is 0 Å². The van der Waals surface area contributed by atoms with Crippen LogP contribution in [-0.2, 0) is 0 Å². The van der Waals surface area contributed by atoms with Crippen LogP contribution in [0, 0.1) is 11.6 Å². The fourth-order valence-corrected chi connectivity index (χ4v) is 4.30. The Bertz CT molecular complexity index is 858. The third-order valence-corrected chi connectivity index (χ3v) is 6.29. The molecule has 0 aromatic heterocycles. The molecule has 1 saturated carbocycles. The maximum Gasteiger partial charge on any atom is 0.248 e. The second-order valence-electron chi connectivity index (χ2n) is 8.69. The third kappa shape index (κ3) is 6.44. The summed E-state index contributed by atoms with van der Waals surface area (Å²) in [6.45, 7) is 2.18. The van der Waals surface area contributed by atoms with E-state index in [2.05, 4.69) is 6.92 Å². The molecule has 2 aromatic rings. The molecule has 0 spiro atoms. The van der Waals surface area contributed by atoms with Crippen LogP contribution >= 0.6 is 0 Å². The van der Waals surface area contributed by atoms with Crippen molar-refractivity contribution in [3.05, 3.63) is 65.2 Å². The van der Waals surface area contributed by atoms with Gasteiger partial charge in [0.15, 0.2) is 11.6 Å². The van der Waals surface area contributed by atoms with Gasteiger partial charge in [-0.3, -0.25) is 0 Å². The van der Waals surface area contributed by atoms with Crippen molar-refractivity contribution in [3.8, 4) is 11.1 Å². The van der Waals surface area contributed by atoms with Crippen LogP contribution in [0.3, 0.4) is 0 Å². The average molecular weight is 433 g/mol. The van der Waals surface area contributed by atoms with E-state index >= 15 is 0 Å². The first-order valence-corrected chi connectivity index (χ1v) is 11.5. The normalized spacial score (nSPS) is 16.8. The van der Waals surface area contributed by atoms with Crippen LogP contribution in [0.25, 0.3) is 17.2 Å². The lowest BCUT2D eigenvalue weighted by Gasteiger charge is -2.28. The van der Waals surface area contributed by atoms with Gasteiger partial charge in [0.25, 0.3) is 0 Å². The van der Waals surface area contributed by atoms with Crippen LogP contribution in [-0.4, -0.2) is 5.92 Å². The van der Waals surface area contributed by atoms with Crippen LogP contribution in [0.1, 0.15) is 88.2 Å². The summed E-state index contributed by atoms with van der Waals surface area (Å²) in [5.74, 6) is -4.14. The highest BCUT2D eigenvalue weighted by molar-refractivity contribution is 5.67. The molecule has 0 aliphatic heterocycles. The van der Waals surface area contributed by atoms with E-state index < -0.39 is 17.6 Å². The molecular formula is C27H32F4. The predicted octanol–water partition coefficient (Wildman–Crippen LogP) is 9.30. The number of unbranched alkanes of at least 4 members (excludes halogenated alkanes) is 5. The molecule has 0 atom stereocenters. The molecule has 0 N–H and O–H groups in total. The number of rotatable bonds is 9. The molecule has 0 radical (unpaired) electrons. The van der Waals surface area contributed by atoms with Gasteiger partial charge in [-0.2, -0.15) is 0 Å². The molecule has 0 heterocycles. The molecule has 31 heavy (non-hydrogen) atoms. The number of allylic oxidation sites excluding steroid dienone is 1. The van der Waals surface area contributed by atoms with E-state index in [0.717, 1.165) is 24.8 Å². The Hall–Kier alpha value is -2.10. The number of benzene rings is 2. The molecule has 0 unspecified atom stereocenters. The summed E-state index contributed by atoms with van der Waals surface area (Å²) in [5, 5.41) is 0. The Kier molecular flexibility index (Phi) is 8.34. The summed E-state index contributed by atoms with van der Waals surface area (Å²) in [6.07, 6.45) is 11.0. The summed E-state index contributed by atoms with van der Waals surface area (Å²) < 4.78 is 56.0. The van der Waals surface area contributed by atoms with E-state index in [0.29, 0.717) is 18.4 Å². The van der Waals surface area contributed by atoms with E-state index in [4.69, 9.17) is 0 Å². The number of hydrogen-bond acceptors (Lipinski definition) is 0. The highest BCUT2D eigenvalue weighted by Gasteiger charge is 2.35. The highest BCUT2D eigenvalue weighted by atomic mass is 19.3. The quantitative estimate of drug-likeness (QED) is 0.273. The van der Waals surface area contributed by atoms with Crippen LogP contribution < -0.4 is 0 Å². The fourth-order valence-electron chi connectivity index (χ4n) is 4.30. The van der Waals surface area contributed by atoms with Crippen molar-refractivity contribution in [1.82, 2.24) is 0 Å². The van der Waals surface area contributed by atoms with Crippen molar-refractivity contribution < 1.29 is 17.6 Å². The van der Waals surface area contributed by atoms with Gasteiger partial charge in [-0.1, -0.05) is 81.2 Å². The Labute approximate surface area is 183 Å². The van der Waals surface area contributed by atoms with Gasteiger partial charge >= 0.3 is 0 Å². The van der Waals surface area contributed by atoms with Crippen LogP contribution in [0.2, 0.25) is 0 Å². The van der Waals surface area contributed by atoms with E-state index in [-0.39, 0.29) is 29.9 Å². The second-order valence-corrected chi connectivity index (χ2v) is 8.69. The first-order valence-electron chi connectivity index (χ1n) is 11.5. The smallest absolute Gasteiger partial charge is 0.207 e. The molecule has 1 aliphatic rings. The number of halogens is 4. The monoisotopic (exact) mass is 432 g/mol. The molecule has 4 heteroatoms. The van der Waals surface area contributed by atoms with Crippen LogP contribution in [0.15, 0.2) is 42.5 Å². The van der Waals surface area contributed by atoms with E-state index in [1.807, 2.05) is 18.2 Å². The van der Waals surface area contributed by atoms with Gasteiger partial charge in [0.05, 0.1) is 0 Å². The van der Waals surface area contributed by atoms with Crippen molar-refractivity contribution in [2.45, 2.75) is 83.0 Å². The van der Waals surface area contributed by atoms with Crippen molar-refractivity contribution in [2.24, 2.45) is 0 Å². The van der Waals surface area contributed by atoms with Crippen molar-refractivity contribution in [3.63, 3.8) is 0 Å². The molecule has 1 fully saturated rings. The van der Waals surface area contributed by atoms with Crippen LogP contribution in [0.4, 0.5) is 17.6 Å². The predicted molar refractivity (Wildman–Crippen MR) is 120 cm³/mol. The minimum Gasteiger partial charge on any atom is -0.207 e. The summed E-state index contributed by atoms with van der Waals surface area (Å²) in [7, 11) is 0. The number of alkyl halides is 2. The Balaban J connectivity index is 1.63. The maximum atomic E-state index is 14.7. The largest absolute Gasteiger partial charge is 0.248 e. The van der Waals surface area contributed by atoms with Gasteiger partial charge in [-0.25, -0.2) is 17.6 Å². The van der Waals surface area contributed by atoms with Gasteiger partial charge in [-0.05, 0) is 42.7 Å². The first kappa shape index (κ1) is 23.6. The van der Waals surface area contributed by atoms with Crippen molar-refractivity contribution in [1.29, 1.82) is 0 Å². The Morgan fingerprint density at radius 3 is 2.23 bits per heavy atom. The SMILES string of the molecule is CCCCCCC/C=C/c1ccc(-c2ccc(C3CCC(F)(F)CC3)cc2)c(F)c1F. The second kappa shape index (κ2) is 11.0. The highest BCUT2D eigenvalue weighted by Crippen LogP contribution is 2.41. The molecule has 2 aromatic carbocycles. The lowest BCUT2D eigenvalue weighted by atomic mass is 9.82. The lowest BCUT2D eigenvalue weighted by Crippen LogP contribution is -2.23. The van der Waals surface area contributed by atoms with E-state index in [9.17, 15) is 17.6 Å². The fraction of sp³-hybridized carbons (Fsp3) is 0.481. The van der Waals surface area contributed by atoms with Crippen molar-refractivity contribution >= 4 is 6.08 Å².